The zero-order valence-electron chi connectivity index (χ0n) is 20.6. The summed E-state index contributed by atoms with van der Waals surface area (Å²) in [6, 6.07) is 13.9. The second-order valence-corrected chi connectivity index (χ2v) is 9.51. The molecule has 1 fully saturated rings. The highest BCUT2D eigenvalue weighted by molar-refractivity contribution is 5.69. The average Bonchev–Trinajstić information content (AvgIpc) is 2.80. The highest BCUT2D eigenvalue weighted by Crippen LogP contribution is 2.46. The predicted octanol–water partition coefficient (Wildman–Crippen LogP) is 7.77. The van der Waals surface area contributed by atoms with Crippen LogP contribution >= 0.6 is 0 Å². The fourth-order valence-corrected chi connectivity index (χ4v) is 5.20. The number of halogens is 3. The minimum Gasteiger partial charge on any atom is -0.466 e. The molecule has 3 atom stereocenters. The molecule has 2 aromatic carbocycles. The third-order valence-electron chi connectivity index (χ3n) is 6.91. The summed E-state index contributed by atoms with van der Waals surface area (Å²) in [5.41, 5.74) is 2.52. The number of rotatable bonds is 8. The number of esters is 1. The first kappa shape index (κ1) is 26.1. The third kappa shape index (κ3) is 6.13. The first-order valence-electron chi connectivity index (χ1n) is 12.3. The zero-order chi connectivity index (χ0) is 24.9. The lowest BCUT2D eigenvalue weighted by Crippen LogP contribution is -2.44. The van der Waals surface area contributed by atoms with E-state index in [1.807, 2.05) is 0 Å². The van der Waals surface area contributed by atoms with Gasteiger partial charge in [-0.2, -0.15) is 13.2 Å². The Balaban J connectivity index is 2.01. The van der Waals surface area contributed by atoms with E-state index in [1.165, 1.54) is 17.7 Å². The van der Waals surface area contributed by atoms with Crippen LogP contribution in [0.15, 0.2) is 48.5 Å². The Morgan fingerprint density at radius 3 is 2.24 bits per heavy atom. The van der Waals surface area contributed by atoms with Crippen molar-refractivity contribution in [2.24, 2.45) is 11.8 Å². The van der Waals surface area contributed by atoms with Crippen molar-refractivity contribution in [3.63, 3.8) is 0 Å². The Bertz CT molecular complexity index is 922. The van der Waals surface area contributed by atoms with E-state index in [-0.39, 0.29) is 23.8 Å². The van der Waals surface area contributed by atoms with E-state index in [0.29, 0.717) is 18.9 Å². The molecule has 0 radical (unpaired) electrons. The van der Waals surface area contributed by atoms with E-state index in [1.54, 1.807) is 19.1 Å². The molecule has 3 nitrogen and oxygen atoms in total. The van der Waals surface area contributed by atoms with E-state index in [4.69, 9.17) is 4.74 Å². The SMILES string of the molecule is CCC[C@H]1C(c2ccc(C(F)(F)F)cc2)N(c2ccc(C(C)C)cc2)CC[C@@H]1CC(=O)OCC. The van der Waals surface area contributed by atoms with Crippen LogP contribution in [0.3, 0.4) is 0 Å². The lowest BCUT2D eigenvalue weighted by atomic mass is 9.73. The summed E-state index contributed by atoms with van der Waals surface area (Å²) in [7, 11) is 0. The molecule has 1 heterocycles. The van der Waals surface area contributed by atoms with Gasteiger partial charge in [-0.15, -0.1) is 0 Å². The fourth-order valence-electron chi connectivity index (χ4n) is 5.20. The van der Waals surface area contributed by atoms with Gasteiger partial charge in [0.15, 0.2) is 0 Å². The molecule has 1 aliphatic heterocycles. The molecule has 0 N–H and O–H groups in total. The van der Waals surface area contributed by atoms with Crippen molar-refractivity contribution in [3.8, 4) is 0 Å². The Labute approximate surface area is 201 Å². The number of carbonyl (C=O) groups excluding carboxylic acids is 1. The first-order chi connectivity index (χ1) is 16.2. The maximum Gasteiger partial charge on any atom is 0.416 e. The monoisotopic (exact) mass is 475 g/mol. The molecule has 0 saturated carbocycles. The van der Waals surface area contributed by atoms with Gasteiger partial charge in [-0.25, -0.2) is 0 Å². The van der Waals surface area contributed by atoms with Gasteiger partial charge in [-0.05, 0) is 72.9 Å². The Kier molecular flexibility index (Phi) is 8.67. The van der Waals surface area contributed by atoms with Gasteiger partial charge in [0.1, 0.15) is 0 Å². The van der Waals surface area contributed by atoms with Crippen LogP contribution in [0.25, 0.3) is 0 Å². The van der Waals surface area contributed by atoms with Crippen LogP contribution in [0.4, 0.5) is 18.9 Å². The van der Waals surface area contributed by atoms with Crippen molar-refractivity contribution in [2.45, 2.75) is 71.5 Å². The van der Waals surface area contributed by atoms with Gasteiger partial charge in [-0.1, -0.05) is 51.5 Å². The zero-order valence-corrected chi connectivity index (χ0v) is 20.6. The smallest absolute Gasteiger partial charge is 0.416 e. The van der Waals surface area contributed by atoms with E-state index in [0.717, 1.165) is 37.1 Å². The molecule has 3 rings (SSSR count). The highest BCUT2D eigenvalue weighted by atomic mass is 19.4. The van der Waals surface area contributed by atoms with Crippen molar-refractivity contribution in [1.29, 1.82) is 0 Å². The molecule has 0 aliphatic carbocycles. The highest BCUT2D eigenvalue weighted by Gasteiger charge is 2.40. The van der Waals surface area contributed by atoms with Crippen molar-refractivity contribution >= 4 is 11.7 Å². The van der Waals surface area contributed by atoms with Crippen molar-refractivity contribution in [3.05, 3.63) is 65.2 Å². The second kappa shape index (κ2) is 11.3. The molecular weight excluding hydrogens is 439 g/mol. The summed E-state index contributed by atoms with van der Waals surface area (Å²) in [6.45, 7) is 9.30. The van der Waals surface area contributed by atoms with Gasteiger partial charge >= 0.3 is 12.1 Å². The number of carbonyl (C=O) groups is 1. The van der Waals surface area contributed by atoms with E-state index in [2.05, 4.69) is 49.9 Å². The maximum absolute atomic E-state index is 13.2. The molecule has 0 amide bonds. The Morgan fingerprint density at radius 1 is 1.06 bits per heavy atom. The first-order valence-corrected chi connectivity index (χ1v) is 12.3. The van der Waals surface area contributed by atoms with Crippen LogP contribution in [0, 0.1) is 11.8 Å². The standard InChI is InChI=1S/C28H36F3NO2/c1-5-7-25-22(18-26(33)34-6-2)16-17-32(24-14-10-20(11-15-24)19(3)4)27(25)21-8-12-23(13-9-21)28(29,30)31/h8-15,19,22,25,27H,5-7,16-18H2,1-4H3/t22-,25-,27?/m1/s1. The van der Waals surface area contributed by atoms with Crippen molar-refractivity contribution in [2.75, 3.05) is 18.1 Å². The van der Waals surface area contributed by atoms with E-state index >= 15 is 0 Å². The number of hydrogen-bond acceptors (Lipinski definition) is 3. The molecule has 1 aliphatic rings. The predicted molar refractivity (Wildman–Crippen MR) is 130 cm³/mol. The number of ether oxygens (including phenoxy) is 1. The summed E-state index contributed by atoms with van der Waals surface area (Å²) < 4.78 is 44.9. The van der Waals surface area contributed by atoms with Gasteiger partial charge in [-0.3, -0.25) is 4.79 Å². The van der Waals surface area contributed by atoms with Crippen LogP contribution in [0.1, 0.15) is 82.0 Å². The van der Waals surface area contributed by atoms with Gasteiger partial charge < -0.3 is 9.64 Å². The summed E-state index contributed by atoms with van der Waals surface area (Å²) in [5.74, 6) is 0.472. The molecule has 1 unspecified atom stereocenters. The quantitative estimate of drug-likeness (QED) is 0.365. The average molecular weight is 476 g/mol. The van der Waals surface area contributed by atoms with Crippen molar-refractivity contribution < 1.29 is 22.7 Å². The summed E-state index contributed by atoms with van der Waals surface area (Å²) in [4.78, 5) is 14.7. The van der Waals surface area contributed by atoms with Crippen LogP contribution in [-0.4, -0.2) is 19.1 Å². The largest absolute Gasteiger partial charge is 0.466 e. The lowest BCUT2D eigenvalue weighted by molar-refractivity contribution is -0.145. The Morgan fingerprint density at radius 2 is 1.71 bits per heavy atom. The number of piperidine rings is 1. The molecule has 2 aromatic rings. The molecule has 0 aromatic heterocycles. The number of nitrogens with zero attached hydrogens (tertiary/aromatic N) is 1. The number of anilines is 1. The fraction of sp³-hybridized carbons (Fsp3) is 0.536. The number of alkyl halides is 3. The van der Waals surface area contributed by atoms with Gasteiger partial charge in [0.05, 0.1) is 18.2 Å². The maximum atomic E-state index is 13.2. The minimum absolute atomic E-state index is 0.111. The summed E-state index contributed by atoms with van der Waals surface area (Å²) >= 11 is 0. The summed E-state index contributed by atoms with van der Waals surface area (Å²) in [6.07, 6.45) is -1.37. The normalized spacial score (nSPS) is 21.1. The van der Waals surface area contributed by atoms with Crippen LogP contribution in [-0.2, 0) is 15.7 Å². The number of hydrogen-bond donors (Lipinski definition) is 0. The van der Waals surface area contributed by atoms with Gasteiger partial charge in [0.2, 0.25) is 0 Å². The van der Waals surface area contributed by atoms with E-state index < -0.39 is 11.7 Å². The van der Waals surface area contributed by atoms with Crippen LogP contribution in [0.2, 0.25) is 0 Å². The van der Waals surface area contributed by atoms with Gasteiger partial charge in [0, 0.05) is 18.7 Å². The minimum atomic E-state index is -4.37. The van der Waals surface area contributed by atoms with Crippen molar-refractivity contribution in [1.82, 2.24) is 0 Å². The molecule has 6 heteroatoms. The van der Waals surface area contributed by atoms with Crippen LogP contribution < -0.4 is 4.90 Å². The Hall–Kier alpha value is -2.50. The third-order valence-corrected chi connectivity index (χ3v) is 6.91. The lowest BCUT2D eigenvalue weighted by Gasteiger charge is -2.47. The number of benzene rings is 2. The molecular formula is C28H36F3NO2. The topological polar surface area (TPSA) is 29.5 Å². The van der Waals surface area contributed by atoms with Crippen LogP contribution in [0.5, 0.6) is 0 Å². The summed E-state index contributed by atoms with van der Waals surface area (Å²) in [5, 5.41) is 0. The second-order valence-electron chi connectivity index (χ2n) is 9.51. The molecule has 0 spiro atoms. The molecule has 0 bridgehead atoms. The molecule has 186 valence electrons. The van der Waals surface area contributed by atoms with Gasteiger partial charge in [0.25, 0.3) is 0 Å². The molecule has 1 saturated heterocycles. The van der Waals surface area contributed by atoms with E-state index in [9.17, 15) is 18.0 Å². The molecule has 34 heavy (non-hydrogen) atoms.